The third-order valence-corrected chi connectivity index (χ3v) is 14.2. The molecule has 4 saturated heterocycles. The highest BCUT2D eigenvalue weighted by molar-refractivity contribution is 5.88. The maximum atomic E-state index is 14.3. The number of carbonyl (C=O) groups is 4. The van der Waals surface area contributed by atoms with Gasteiger partial charge in [-0.2, -0.15) is 0 Å². The fourth-order valence-electron chi connectivity index (χ4n) is 12.2. The molecule has 280 valence electrons. The van der Waals surface area contributed by atoms with E-state index in [9.17, 15) is 34.5 Å². The van der Waals surface area contributed by atoms with Crippen molar-refractivity contribution in [2.45, 2.75) is 107 Å². The molecule has 3 aliphatic carbocycles. The number of hydrogen-bond acceptors (Lipinski definition) is 16. The van der Waals surface area contributed by atoms with Gasteiger partial charge in [-0.05, 0) is 33.3 Å². The number of hydrogen-bond donors (Lipinski definition) is 3. The van der Waals surface area contributed by atoms with Crippen LogP contribution in [0.15, 0.2) is 24.0 Å². The molecular formula is C35H44O16. The molecule has 0 unspecified atom stereocenters. The van der Waals surface area contributed by atoms with Crippen LogP contribution < -0.4 is 0 Å². The van der Waals surface area contributed by atoms with E-state index in [4.69, 9.17) is 42.6 Å². The van der Waals surface area contributed by atoms with Crippen molar-refractivity contribution in [3.05, 3.63) is 24.0 Å². The molecule has 16 nitrogen and oxygen atoms in total. The van der Waals surface area contributed by atoms with Gasteiger partial charge in [-0.1, -0.05) is 13.0 Å². The molecule has 5 aliphatic heterocycles. The maximum Gasteiger partial charge on any atom is 0.366 e. The molecule has 8 rings (SSSR count). The lowest BCUT2D eigenvalue weighted by molar-refractivity contribution is -0.315. The van der Waals surface area contributed by atoms with Crippen LogP contribution in [0.1, 0.15) is 47.5 Å². The summed E-state index contributed by atoms with van der Waals surface area (Å²) in [6.45, 7) is 6.79. The summed E-state index contributed by atoms with van der Waals surface area (Å²) in [5.41, 5.74) is -10.6. The SMILES string of the molecule is C/C=C(\C)C(=O)O[C@H]1C[C@@H](OC(C)=O)[C@@]2(C(=O)OC)CO[C@H]3[C@H]4O[C@]5(C)[C@H]6C[C@H](O[C@@H]7OC=C[C@@]76O)[C@]5(O)[C@@]4(C)[C@H]4[C@]1(CO[C@]4(O)C(=O)OC)[C@@H]32. The zero-order chi connectivity index (χ0) is 36.9. The molecule has 3 N–H and O–H groups in total. The van der Waals surface area contributed by atoms with Gasteiger partial charge in [0.1, 0.15) is 28.8 Å². The molecule has 51 heavy (non-hydrogen) atoms. The van der Waals surface area contributed by atoms with Crippen LogP contribution in [-0.2, 0) is 61.8 Å². The average Bonchev–Trinajstić information content (AvgIpc) is 3.85. The lowest BCUT2D eigenvalue weighted by Crippen LogP contribution is -2.79. The highest BCUT2D eigenvalue weighted by atomic mass is 16.7. The molecule has 16 atom stereocenters. The zero-order valence-electron chi connectivity index (χ0n) is 29.4. The van der Waals surface area contributed by atoms with E-state index in [-0.39, 0.29) is 25.0 Å². The monoisotopic (exact) mass is 720 g/mol. The number of allylic oxidation sites excluding steroid dienone is 1. The summed E-state index contributed by atoms with van der Waals surface area (Å²) < 4.78 is 54.4. The smallest absolute Gasteiger partial charge is 0.366 e. The first kappa shape index (κ1) is 34.9. The van der Waals surface area contributed by atoms with Gasteiger partial charge in [0.25, 0.3) is 5.79 Å². The number of fused-ring (bicyclic) bond motifs is 11. The minimum Gasteiger partial charge on any atom is -0.469 e. The van der Waals surface area contributed by atoms with Gasteiger partial charge in [0, 0.05) is 47.5 Å². The molecule has 0 aromatic rings. The molecule has 5 heterocycles. The minimum absolute atomic E-state index is 0.0989. The Kier molecular flexibility index (Phi) is 7.20. The van der Waals surface area contributed by atoms with E-state index >= 15 is 0 Å². The normalized spacial score (nSPS) is 53.9. The molecule has 0 aromatic carbocycles. The molecule has 3 saturated carbocycles. The fraction of sp³-hybridized carbons (Fsp3) is 0.771. The zero-order valence-corrected chi connectivity index (χ0v) is 29.4. The van der Waals surface area contributed by atoms with Crippen molar-refractivity contribution in [3.8, 4) is 0 Å². The fourth-order valence-corrected chi connectivity index (χ4v) is 12.2. The third-order valence-electron chi connectivity index (χ3n) is 14.2. The van der Waals surface area contributed by atoms with Crippen LogP contribution in [0.4, 0.5) is 0 Å². The van der Waals surface area contributed by atoms with Crippen LogP contribution in [0.5, 0.6) is 0 Å². The number of aliphatic hydroxyl groups is 3. The first-order chi connectivity index (χ1) is 23.9. The van der Waals surface area contributed by atoms with Crippen molar-refractivity contribution in [3.63, 3.8) is 0 Å². The molecule has 0 aromatic heterocycles. The molecule has 1 spiro atoms. The Morgan fingerprint density at radius 1 is 0.941 bits per heavy atom. The van der Waals surface area contributed by atoms with Gasteiger partial charge in [0.15, 0.2) is 5.60 Å². The predicted octanol–water partition coefficient (Wildman–Crippen LogP) is -0.203. The van der Waals surface area contributed by atoms with Gasteiger partial charge in [0.05, 0.1) is 52.0 Å². The maximum absolute atomic E-state index is 14.3. The van der Waals surface area contributed by atoms with E-state index < -0.39 is 124 Å². The Balaban J connectivity index is 1.42. The van der Waals surface area contributed by atoms with Crippen molar-refractivity contribution >= 4 is 23.9 Å². The average molecular weight is 721 g/mol. The Hall–Kier alpha value is -3.12. The Labute approximate surface area is 293 Å². The molecule has 16 heteroatoms. The summed E-state index contributed by atoms with van der Waals surface area (Å²) in [7, 11) is 2.24. The van der Waals surface area contributed by atoms with Gasteiger partial charge in [0.2, 0.25) is 6.29 Å². The van der Waals surface area contributed by atoms with Gasteiger partial charge in [-0.15, -0.1) is 0 Å². The summed E-state index contributed by atoms with van der Waals surface area (Å²) in [5, 5.41) is 38.2. The molecular weight excluding hydrogens is 676 g/mol. The summed E-state index contributed by atoms with van der Waals surface area (Å²) in [6.07, 6.45) is -3.09. The second kappa shape index (κ2) is 10.5. The molecule has 0 amide bonds. The molecule has 2 bridgehead atoms. The highest BCUT2D eigenvalue weighted by Gasteiger charge is 2.94. The first-order valence-electron chi connectivity index (χ1n) is 17.2. The van der Waals surface area contributed by atoms with Crippen LogP contribution in [-0.4, -0.2) is 126 Å². The second-order valence-corrected chi connectivity index (χ2v) is 15.8. The van der Waals surface area contributed by atoms with Crippen LogP contribution in [0.2, 0.25) is 0 Å². The summed E-state index contributed by atoms with van der Waals surface area (Å²) in [4.78, 5) is 54.5. The predicted molar refractivity (Wildman–Crippen MR) is 164 cm³/mol. The van der Waals surface area contributed by atoms with Crippen molar-refractivity contribution in [1.29, 1.82) is 0 Å². The van der Waals surface area contributed by atoms with Crippen LogP contribution in [0, 0.1) is 34.0 Å². The summed E-state index contributed by atoms with van der Waals surface area (Å²) >= 11 is 0. The van der Waals surface area contributed by atoms with E-state index in [1.54, 1.807) is 33.8 Å². The van der Waals surface area contributed by atoms with E-state index in [1.807, 2.05) is 0 Å². The minimum atomic E-state index is -2.82. The van der Waals surface area contributed by atoms with Gasteiger partial charge in [-0.3, -0.25) is 9.59 Å². The molecule has 0 radical (unpaired) electrons. The summed E-state index contributed by atoms with van der Waals surface area (Å²) in [6, 6.07) is 0. The van der Waals surface area contributed by atoms with Crippen molar-refractivity contribution in [2.24, 2.45) is 34.0 Å². The Morgan fingerprint density at radius 2 is 1.65 bits per heavy atom. The van der Waals surface area contributed by atoms with E-state index in [0.717, 1.165) is 7.11 Å². The van der Waals surface area contributed by atoms with Crippen LogP contribution in [0.25, 0.3) is 0 Å². The van der Waals surface area contributed by atoms with E-state index in [0.29, 0.717) is 0 Å². The van der Waals surface area contributed by atoms with Crippen molar-refractivity contribution < 1.29 is 77.1 Å². The van der Waals surface area contributed by atoms with Gasteiger partial charge in [-0.25, -0.2) is 9.59 Å². The van der Waals surface area contributed by atoms with Crippen LogP contribution in [0.3, 0.4) is 0 Å². The lowest BCUT2D eigenvalue weighted by atomic mass is 9.37. The van der Waals surface area contributed by atoms with Gasteiger partial charge < -0.3 is 58.0 Å². The highest BCUT2D eigenvalue weighted by Crippen LogP contribution is 2.81. The standard InChI is InChI=1S/C35H44O16/c1-8-15(2)24(37)49-18-12-19(48-16(3)36)32(26(38)43-6)13-46-21-22(32)31(18)14-47-34(41,27(39)44-7)25(31)29(4)23(21)51-30(5)17-11-20(35(29,30)42)50-28-33(17,40)9-10-45-28/h8-10,17-23,25,28,40-42H,11-14H2,1-7H3/b15-8+/t17-,18+,19-,20+,21-,22-,23-,25+,28+,29-,30-,31+,32+,33+,34+,35+/m1/s1. The molecule has 8 aliphatic rings. The Morgan fingerprint density at radius 3 is 2.29 bits per heavy atom. The topological polar surface area (TPSA) is 212 Å². The third kappa shape index (κ3) is 3.60. The molecule has 7 fully saturated rings. The number of esters is 4. The quantitative estimate of drug-likeness (QED) is 0.191. The van der Waals surface area contributed by atoms with E-state index in [2.05, 4.69) is 0 Å². The number of methoxy groups -OCH3 is 2. The number of ether oxygens (including phenoxy) is 9. The van der Waals surface area contributed by atoms with Crippen molar-refractivity contribution in [1.82, 2.24) is 0 Å². The Bertz CT molecular complexity index is 1660. The second-order valence-electron chi connectivity index (χ2n) is 15.8. The van der Waals surface area contributed by atoms with Crippen molar-refractivity contribution in [2.75, 3.05) is 27.4 Å². The largest absolute Gasteiger partial charge is 0.469 e. The van der Waals surface area contributed by atoms with Crippen LogP contribution >= 0.6 is 0 Å². The lowest BCUT2D eigenvalue weighted by Gasteiger charge is -2.65. The summed E-state index contributed by atoms with van der Waals surface area (Å²) in [5.74, 6) is -9.88. The van der Waals surface area contributed by atoms with Gasteiger partial charge >= 0.3 is 23.9 Å². The number of carbonyl (C=O) groups excluding carboxylic acids is 4. The van der Waals surface area contributed by atoms with E-state index in [1.165, 1.54) is 26.4 Å². The first-order valence-corrected chi connectivity index (χ1v) is 17.2. The number of rotatable bonds is 5.